The zero-order chi connectivity index (χ0) is 25.6. The topological polar surface area (TPSA) is 62.9 Å². The van der Waals surface area contributed by atoms with E-state index in [2.05, 4.69) is 25.3 Å². The van der Waals surface area contributed by atoms with Crippen LogP contribution in [0.1, 0.15) is 71.9 Å². The van der Waals surface area contributed by atoms with Crippen molar-refractivity contribution in [2.75, 3.05) is 0 Å². The molecule has 0 amide bonds. The summed E-state index contributed by atoms with van der Waals surface area (Å²) in [6, 6.07) is 19.3. The molecule has 1 fully saturated rings. The highest BCUT2D eigenvalue weighted by molar-refractivity contribution is 6.45. The minimum atomic E-state index is -0.184. The Balaban J connectivity index is 1.51. The number of aromatic nitrogens is 1. The van der Waals surface area contributed by atoms with Crippen LogP contribution in [0, 0.1) is 30.1 Å². The van der Waals surface area contributed by atoms with Gasteiger partial charge in [0.2, 0.25) is 5.78 Å². The molecule has 0 spiro atoms. The summed E-state index contributed by atoms with van der Waals surface area (Å²) in [5.41, 5.74) is 5.14. The molecule has 1 aliphatic rings. The van der Waals surface area contributed by atoms with E-state index in [0.717, 1.165) is 40.3 Å². The third kappa shape index (κ3) is 4.09. The lowest BCUT2D eigenvalue weighted by molar-refractivity contribution is 0.103. The lowest BCUT2D eigenvalue weighted by atomic mass is 9.97. The van der Waals surface area contributed by atoms with Crippen LogP contribution in [0.15, 0.2) is 60.7 Å². The first-order valence-electron chi connectivity index (χ1n) is 13.1. The smallest absolute Gasteiger partial charge is 0.206 e. The van der Waals surface area contributed by atoms with Gasteiger partial charge in [0.15, 0.2) is 5.78 Å². The monoisotopic (exact) mass is 478 g/mol. The van der Waals surface area contributed by atoms with E-state index in [4.69, 9.17) is 5.41 Å². The number of nitrogens with zero attached hydrogens (tertiary/aromatic N) is 1. The maximum absolute atomic E-state index is 13.3. The lowest BCUT2D eigenvalue weighted by Crippen LogP contribution is -2.14. The minimum absolute atomic E-state index is 0.00148. The predicted octanol–water partition coefficient (Wildman–Crippen LogP) is 7.63. The number of benzene rings is 3. The van der Waals surface area contributed by atoms with Crippen LogP contribution in [0.5, 0.6) is 0 Å². The summed E-state index contributed by atoms with van der Waals surface area (Å²) in [7, 11) is 0. The lowest BCUT2D eigenvalue weighted by Gasteiger charge is -2.06. The van der Waals surface area contributed by atoms with Gasteiger partial charge >= 0.3 is 0 Å². The molecule has 0 saturated heterocycles. The SMILES string of the molecule is CCCC1C(CC(=N)C(=O)c2ccc3c(c2)c2cc(C(=O)c4ccccc4C)ccc2n3CC)[C@@H]1C. The quantitative estimate of drug-likeness (QED) is 0.199. The number of Topliss-reactive ketones (excluding diaryl/α,β-unsaturated/α-hetero) is 1. The molecule has 184 valence electrons. The van der Waals surface area contributed by atoms with Crippen LogP contribution in [0.2, 0.25) is 0 Å². The number of fused-ring (bicyclic) bond motifs is 3. The summed E-state index contributed by atoms with van der Waals surface area (Å²) in [6.07, 6.45) is 2.90. The number of hydrogen-bond acceptors (Lipinski definition) is 3. The van der Waals surface area contributed by atoms with Gasteiger partial charge in [-0.05, 0) is 80.0 Å². The average Bonchev–Trinajstić information content (AvgIpc) is 3.36. The Labute approximate surface area is 212 Å². The largest absolute Gasteiger partial charge is 0.341 e. The van der Waals surface area contributed by atoms with E-state index in [1.165, 1.54) is 6.42 Å². The zero-order valence-electron chi connectivity index (χ0n) is 21.6. The van der Waals surface area contributed by atoms with Crippen molar-refractivity contribution in [1.29, 1.82) is 5.41 Å². The second kappa shape index (κ2) is 9.50. The molecule has 0 bridgehead atoms. The summed E-state index contributed by atoms with van der Waals surface area (Å²) < 4.78 is 2.22. The van der Waals surface area contributed by atoms with Crippen LogP contribution in [-0.4, -0.2) is 21.8 Å². The van der Waals surface area contributed by atoms with Crippen molar-refractivity contribution in [2.24, 2.45) is 17.8 Å². The van der Waals surface area contributed by atoms with Crippen LogP contribution in [0.25, 0.3) is 21.8 Å². The molecule has 1 aromatic heterocycles. The Bertz CT molecular complexity index is 1510. The van der Waals surface area contributed by atoms with E-state index in [9.17, 15) is 9.59 Å². The molecular weight excluding hydrogens is 444 g/mol. The van der Waals surface area contributed by atoms with Crippen LogP contribution in [0.4, 0.5) is 0 Å². The molecule has 1 heterocycles. The van der Waals surface area contributed by atoms with Gasteiger partial charge < -0.3 is 9.98 Å². The maximum Gasteiger partial charge on any atom is 0.206 e. The molecule has 0 radical (unpaired) electrons. The Hall–Kier alpha value is -3.53. The van der Waals surface area contributed by atoms with E-state index < -0.39 is 0 Å². The van der Waals surface area contributed by atoms with E-state index >= 15 is 0 Å². The first-order valence-corrected chi connectivity index (χ1v) is 13.1. The molecule has 5 rings (SSSR count). The van der Waals surface area contributed by atoms with Crippen LogP contribution in [-0.2, 0) is 6.54 Å². The highest BCUT2D eigenvalue weighted by atomic mass is 16.1. The molecule has 36 heavy (non-hydrogen) atoms. The summed E-state index contributed by atoms with van der Waals surface area (Å²) >= 11 is 0. The average molecular weight is 479 g/mol. The van der Waals surface area contributed by atoms with Gasteiger partial charge in [-0.25, -0.2) is 0 Å². The number of rotatable bonds is 9. The number of ketones is 2. The third-order valence-electron chi connectivity index (χ3n) is 8.19. The molecule has 1 aliphatic carbocycles. The Morgan fingerprint density at radius 1 is 0.889 bits per heavy atom. The number of carbonyl (C=O) groups excluding carboxylic acids is 2. The molecule has 1 N–H and O–H groups in total. The molecule has 3 atom stereocenters. The van der Waals surface area contributed by atoms with Gasteiger partial charge in [0.05, 0.1) is 5.71 Å². The minimum Gasteiger partial charge on any atom is -0.341 e. The van der Waals surface area contributed by atoms with Crippen molar-refractivity contribution >= 4 is 39.1 Å². The van der Waals surface area contributed by atoms with Gasteiger partial charge in [-0.1, -0.05) is 51.0 Å². The van der Waals surface area contributed by atoms with E-state index in [1.54, 1.807) is 0 Å². The van der Waals surface area contributed by atoms with Crippen molar-refractivity contribution in [3.8, 4) is 0 Å². The fourth-order valence-electron chi connectivity index (χ4n) is 6.00. The third-order valence-corrected chi connectivity index (χ3v) is 8.19. The van der Waals surface area contributed by atoms with Crippen LogP contribution >= 0.6 is 0 Å². The highest BCUT2D eigenvalue weighted by Gasteiger charge is 2.46. The van der Waals surface area contributed by atoms with E-state index in [-0.39, 0.29) is 17.3 Å². The number of carbonyl (C=O) groups is 2. The molecule has 1 saturated carbocycles. The predicted molar refractivity (Wildman–Crippen MR) is 147 cm³/mol. The van der Waals surface area contributed by atoms with Gasteiger partial charge in [0, 0.05) is 45.0 Å². The Morgan fingerprint density at radius 2 is 1.53 bits per heavy atom. The van der Waals surface area contributed by atoms with Gasteiger partial charge in [0.25, 0.3) is 0 Å². The first-order chi connectivity index (χ1) is 17.3. The highest BCUT2D eigenvalue weighted by Crippen LogP contribution is 2.51. The first kappa shape index (κ1) is 24.2. The summed E-state index contributed by atoms with van der Waals surface area (Å²) in [5.74, 6) is 1.53. The standard InChI is InChI=1S/C32H34N2O2/c1-5-9-24-20(4)25(24)18-28(33)32(36)22-13-15-30-27(17-22)26-16-21(12-14-29(26)34(30)6-2)31(35)23-11-8-7-10-19(23)3/h7-8,10-17,20,24-25,33H,5-6,9,18H2,1-4H3/t20-,24?,25?/m1/s1. The molecule has 3 aromatic carbocycles. The normalized spacial score (nSPS) is 19.1. The fraction of sp³-hybridized carbons (Fsp3) is 0.344. The van der Waals surface area contributed by atoms with E-state index in [1.807, 2.05) is 67.6 Å². The second-order valence-electron chi connectivity index (χ2n) is 10.3. The van der Waals surface area contributed by atoms with Crippen LogP contribution in [0.3, 0.4) is 0 Å². The van der Waals surface area contributed by atoms with Gasteiger partial charge in [-0.15, -0.1) is 0 Å². The number of hydrogen-bond donors (Lipinski definition) is 1. The fourth-order valence-corrected chi connectivity index (χ4v) is 6.00. The second-order valence-corrected chi connectivity index (χ2v) is 10.3. The van der Waals surface area contributed by atoms with Gasteiger partial charge in [0.1, 0.15) is 0 Å². The molecule has 4 nitrogen and oxygen atoms in total. The molecule has 4 heteroatoms. The van der Waals surface area contributed by atoms with Crippen molar-refractivity contribution in [2.45, 2.75) is 53.5 Å². The van der Waals surface area contributed by atoms with Crippen molar-refractivity contribution in [3.63, 3.8) is 0 Å². The van der Waals surface area contributed by atoms with Crippen molar-refractivity contribution in [1.82, 2.24) is 4.57 Å². The summed E-state index contributed by atoms with van der Waals surface area (Å²) in [6.45, 7) is 9.27. The van der Waals surface area contributed by atoms with E-state index in [0.29, 0.717) is 40.9 Å². The van der Waals surface area contributed by atoms with Crippen molar-refractivity contribution in [3.05, 3.63) is 82.9 Å². The Morgan fingerprint density at radius 3 is 2.17 bits per heavy atom. The molecule has 4 aromatic rings. The molecule has 0 aliphatic heterocycles. The number of aryl methyl sites for hydroxylation is 2. The summed E-state index contributed by atoms with van der Waals surface area (Å²) in [5, 5.41) is 10.4. The van der Waals surface area contributed by atoms with Crippen LogP contribution < -0.4 is 0 Å². The van der Waals surface area contributed by atoms with Crippen molar-refractivity contribution < 1.29 is 9.59 Å². The maximum atomic E-state index is 13.3. The van der Waals surface area contributed by atoms with Gasteiger partial charge in [-0.2, -0.15) is 0 Å². The Kier molecular flexibility index (Phi) is 6.38. The molecule has 2 unspecified atom stereocenters. The number of nitrogens with one attached hydrogen (secondary N) is 1. The van der Waals surface area contributed by atoms with Gasteiger partial charge in [-0.3, -0.25) is 9.59 Å². The zero-order valence-corrected chi connectivity index (χ0v) is 21.6. The molecular formula is C32H34N2O2. The summed E-state index contributed by atoms with van der Waals surface area (Å²) in [4.78, 5) is 26.6.